The van der Waals surface area contributed by atoms with Gasteiger partial charge in [-0.1, -0.05) is 38.1 Å². The fourth-order valence-corrected chi connectivity index (χ4v) is 6.09. The maximum atomic E-state index is 13.9. The molecule has 40 heavy (non-hydrogen) atoms. The zero-order valence-corrected chi connectivity index (χ0v) is 24.7. The van der Waals surface area contributed by atoms with Crippen molar-refractivity contribution >= 4 is 41.4 Å². The maximum Gasteiger partial charge on any atom is 0.407 e. The topological polar surface area (TPSA) is 142 Å². The van der Waals surface area contributed by atoms with Crippen LogP contribution in [0.25, 0.3) is 0 Å². The Labute approximate surface area is 240 Å². The number of carboxylic acid groups (broad SMARTS) is 1. The van der Waals surface area contributed by atoms with E-state index in [9.17, 15) is 29.1 Å². The third kappa shape index (κ3) is 7.16. The number of alkyl carbamates (subject to hydrolysis) is 1. The summed E-state index contributed by atoms with van der Waals surface area (Å²) in [5.74, 6) is -1.24. The molecule has 5 atom stereocenters. The number of aliphatic carboxylic acids is 1. The van der Waals surface area contributed by atoms with E-state index < -0.39 is 41.5 Å². The van der Waals surface area contributed by atoms with E-state index in [1.165, 1.54) is 11.8 Å². The average Bonchev–Trinajstić information content (AvgIpc) is 3.18. The SMILES string of the molecule is CSCCC(NC(=O)OCC(C)C)C(=O)NC1CC(C)N(C2Cc3ccccc3C(C)(CCC(=O)O)C2=O)C1=O. The first-order chi connectivity index (χ1) is 18.9. The smallest absolute Gasteiger partial charge is 0.407 e. The first kappa shape index (κ1) is 31.4. The molecule has 1 fully saturated rings. The van der Waals surface area contributed by atoms with Crippen molar-refractivity contribution in [3.63, 3.8) is 0 Å². The Morgan fingerprint density at radius 1 is 1.23 bits per heavy atom. The van der Waals surface area contributed by atoms with Crippen molar-refractivity contribution in [3.8, 4) is 0 Å². The highest BCUT2D eigenvalue weighted by atomic mass is 32.2. The van der Waals surface area contributed by atoms with Gasteiger partial charge in [-0.15, -0.1) is 0 Å². The van der Waals surface area contributed by atoms with E-state index in [1.807, 2.05) is 51.3 Å². The molecule has 3 amide bonds. The molecule has 1 aliphatic heterocycles. The molecule has 1 saturated heterocycles. The predicted molar refractivity (Wildman–Crippen MR) is 152 cm³/mol. The molecule has 2 aliphatic rings. The van der Waals surface area contributed by atoms with E-state index in [0.29, 0.717) is 25.0 Å². The predicted octanol–water partition coefficient (Wildman–Crippen LogP) is 2.91. The highest BCUT2D eigenvalue weighted by Gasteiger charge is 2.51. The van der Waals surface area contributed by atoms with Gasteiger partial charge in [-0.25, -0.2) is 4.79 Å². The van der Waals surface area contributed by atoms with Gasteiger partial charge in [0.05, 0.1) is 18.1 Å². The summed E-state index contributed by atoms with van der Waals surface area (Å²) in [6.45, 7) is 7.65. The molecule has 3 rings (SSSR count). The molecule has 1 aliphatic carbocycles. The van der Waals surface area contributed by atoms with Gasteiger partial charge in [0.15, 0.2) is 5.78 Å². The summed E-state index contributed by atoms with van der Waals surface area (Å²) in [5, 5.41) is 14.8. The van der Waals surface area contributed by atoms with Crippen LogP contribution in [0.2, 0.25) is 0 Å². The number of ketones is 1. The number of fused-ring (bicyclic) bond motifs is 1. The standard InChI is InChI=1S/C29H41N3O7S/c1-17(2)16-39-28(38)31-21(11-13-40-5)26(36)30-22-14-18(3)32(27(22)37)23-15-19-8-6-7-9-20(19)29(4,25(23)35)12-10-24(33)34/h6-9,17-18,21-23H,10-16H2,1-5H3,(H,30,36)(H,31,38)(H,33,34). The lowest BCUT2D eigenvalue weighted by molar-refractivity contribution is -0.143. The van der Waals surface area contributed by atoms with Gasteiger partial charge < -0.3 is 25.4 Å². The number of hydrogen-bond acceptors (Lipinski definition) is 7. The molecule has 1 heterocycles. The highest BCUT2D eigenvalue weighted by Crippen LogP contribution is 2.41. The number of thioether (sulfide) groups is 1. The molecule has 220 valence electrons. The number of benzene rings is 1. The van der Waals surface area contributed by atoms with Crippen LogP contribution < -0.4 is 10.6 Å². The number of carboxylic acids is 1. The molecular weight excluding hydrogens is 534 g/mol. The average molecular weight is 576 g/mol. The quantitative estimate of drug-likeness (QED) is 0.345. The van der Waals surface area contributed by atoms with E-state index in [1.54, 1.807) is 11.8 Å². The second kappa shape index (κ2) is 13.5. The van der Waals surface area contributed by atoms with Crippen LogP contribution in [0, 0.1) is 5.92 Å². The largest absolute Gasteiger partial charge is 0.481 e. The van der Waals surface area contributed by atoms with Gasteiger partial charge in [-0.2, -0.15) is 11.8 Å². The molecule has 3 N–H and O–H groups in total. The summed E-state index contributed by atoms with van der Waals surface area (Å²) in [6.07, 6.45) is 2.17. The Morgan fingerprint density at radius 3 is 2.58 bits per heavy atom. The second-order valence-corrected chi connectivity index (χ2v) is 12.3. The lowest BCUT2D eigenvalue weighted by atomic mass is 9.66. The van der Waals surface area contributed by atoms with Crippen molar-refractivity contribution in [1.29, 1.82) is 0 Å². The number of Topliss-reactive ketones (excluding diaryl/α,β-unsaturated/α-hetero) is 1. The molecule has 1 aromatic rings. The number of likely N-dealkylation sites (tertiary alicyclic amines) is 1. The fraction of sp³-hybridized carbons (Fsp3) is 0.621. The summed E-state index contributed by atoms with van der Waals surface area (Å²) in [5.41, 5.74) is 0.657. The van der Waals surface area contributed by atoms with E-state index in [-0.39, 0.29) is 43.1 Å². The molecule has 0 radical (unpaired) electrons. The number of rotatable bonds is 12. The molecule has 0 saturated carbocycles. The van der Waals surface area contributed by atoms with Crippen LogP contribution in [-0.2, 0) is 35.8 Å². The third-order valence-corrected chi connectivity index (χ3v) is 8.38. The maximum absolute atomic E-state index is 13.9. The second-order valence-electron chi connectivity index (χ2n) is 11.3. The van der Waals surface area contributed by atoms with Crippen molar-refractivity contribution in [3.05, 3.63) is 35.4 Å². The van der Waals surface area contributed by atoms with Gasteiger partial charge in [0.1, 0.15) is 12.1 Å². The summed E-state index contributed by atoms with van der Waals surface area (Å²) >= 11 is 1.53. The summed E-state index contributed by atoms with van der Waals surface area (Å²) in [7, 11) is 0. The lowest BCUT2D eigenvalue weighted by Gasteiger charge is -2.43. The van der Waals surface area contributed by atoms with Gasteiger partial charge in [0.25, 0.3) is 0 Å². The molecular formula is C29H41N3O7S. The van der Waals surface area contributed by atoms with Crippen molar-refractivity contribution in [2.75, 3.05) is 18.6 Å². The molecule has 0 spiro atoms. The number of amides is 3. The zero-order valence-electron chi connectivity index (χ0n) is 23.9. The van der Waals surface area contributed by atoms with Gasteiger partial charge in [0, 0.05) is 18.9 Å². The van der Waals surface area contributed by atoms with Crippen LogP contribution in [0.15, 0.2) is 24.3 Å². The van der Waals surface area contributed by atoms with Crippen LogP contribution in [0.3, 0.4) is 0 Å². The molecule has 10 nitrogen and oxygen atoms in total. The lowest BCUT2D eigenvalue weighted by Crippen LogP contribution is -2.57. The minimum absolute atomic E-state index is 0.126. The Hall–Kier alpha value is -3.08. The Bertz CT molecular complexity index is 1130. The van der Waals surface area contributed by atoms with E-state index in [0.717, 1.165) is 11.1 Å². The van der Waals surface area contributed by atoms with E-state index >= 15 is 0 Å². The Balaban J connectivity index is 1.77. The monoisotopic (exact) mass is 575 g/mol. The van der Waals surface area contributed by atoms with Gasteiger partial charge >= 0.3 is 12.1 Å². The van der Waals surface area contributed by atoms with E-state index in [4.69, 9.17) is 4.74 Å². The van der Waals surface area contributed by atoms with Crippen molar-refractivity contribution in [2.24, 2.45) is 5.92 Å². The van der Waals surface area contributed by atoms with Crippen LogP contribution >= 0.6 is 11.8 Å². The number of carbonyl (C=O) groups excluding carboxylic acids is 4. The molecule has 0 aromatic heterocycles. The first-order valence-corrected chi connectivity index (χ1v) is 15.2. The van der Waals surface area contributed by atoms with Crippen LogP contribution in [-0.4, -0.2) is 82.4 Å². The number of carbonyl (C=O) groups is 5. The fourth-order valence-electron chi connectivity index (χ4n) is 5.61. The summed E-state index contributed by atoms with van der Waals surface area (Å²) in [4.78, 5) is 66.0. The van der Waals surface area contributed by atoms with Gasteiger partial charge in [0.2, 0.25) is 11.8 Å². The first-order valence-electron chi connectivity index (χ1n) is 13.8. The van der Waals surface area contributed by atoms with Gasteiger partial charge in [-0.05, 0) is 62.2 Å². The molecule has 1 aromatic carbocycles. The third-order valence-electron chi connectivity index (χ3n) is 7.73. The number of hydrogen-bond donors (Lipinski definition) is 3. The molecule has 0 bridgehead atoms. The van der Waals surface area contributed by atoms with E-state index in [2.05, 4.69) is 10.6 Å². The number of ether oxygens (including phenoxy) is 1. The Morgan fingerprint density at radius 2 is 1.93 bits per heavy atom. The van der Waals surface area contributed by atoms with Crippen molar-refractivity contribution in [1.82, 2.24) is 15.5 Å². The minimum Gasteiger partial charge on any atom is -0.481 e. The van der Waals surface area contributed by atoms with Crippen LogP contribution in [0.4, 0.5) is 4.79 Å². The van der Waals surface area contributed by atoms with Crippen LogP contribution in [0.1, 0.15) is 64.5 Å². The van der Waals surface area contributed by atoms with Crippen LogP contribution in [0.5, 0.6) is 0 Å². The zero-order chi connectivity index (χ0) is 29.6. The Kier molecular flexibility index (Phi) is 10.6. The summed E-state index contributed by atoms with van der Waals surface area (Å²) < 4.78 is 5.18. The van der Waals surface area contributed by atoms with Crippen molar-refractivity contribution in [2.45, 2.75) is 89.4 Å². The molecule has 5 unspecified atom stereocenters. The van der Waals surface area contributed by atoms with Crippen molar-refractivity contribution < 1.29 is 33.8 Å². The minimum atomic E-state index is -1.05. The normalized spacial score (nSPS) is 24.9. The van der Waals surface area contributed by atoms with Gasteiger partial charge in [-0.3, -0.25) is 19.2 Å². The number of nitrogens with zero attached hydrogens (tertiary/aromatic N) is 1. The summed E-state index contributed by atoms with van der Waals surface area (Å²) in [6, 6.07) is 4.67. The highest BCUT2D eigenvalue weighted by molar-refractivity contribution is 7.98. The number of nitrogens with one attached hydrogen (secondary N) is 2. The molecule has 11 heteroatoms.